The maximum atomic E-state index is 4.97. The highest BCUT2D eigenvalue weighted by Gasteiger charge is 2.24. The molecule has 0 spiro atoms. The van der Waals surface area contributed by atoms with Gasteiger partial charge in [-0.25, -0.2) is 9.97 Å². The van der Waals surface area contributed by atoms with Crippen molar-refractivity contribution < 1.29 is 0 Å². The van der Waals surface area contributed by atoms with Crippen LogP contribution in [-0.2, 0) is 6.42 Å². The maximum Gasteiger partial charge on any atom is 0.142 e. The first kappa shape index (κ1) is 15.6. The molecule has 1 aliphatic carbocycles. The highest BCUT2D eigenvalue weighted by molar-refractivity contribution is 8.06. The van der Waals surface area contributed by atoms with E-state index in [0.29, 0.717) is 11.3 Å². The van der Waals surface area contributed by atoms with Gasteiger partial charge in [-0.2, -0.15) is 11.8 Å². The zero-order valence-corrected chi connectivity index (χ0v) is 14.4. The molecule has 2 heterocycles. The van der Waals surface area contributed by atoms with Gasteiger partial charge in [0.05, 0.1) is 5.25 Å². The second-order valence-corrected chi connectivity index (χ2v) is 8.28. The van der Waals surface area contributed by atoms with Gasteiger partial charge in [0.25, 0.3) is 0 Å². The minimum atomic E-state index is 0.463. The molecular weight excluding hydrogens is 298 g/mol. The van der Waals surface area contributed by atoms with Crippen molar-refractivity contribution in [2.24, 2.45) is 0 Å². The highest BCUT2D eigenvalue weighted by Crippen LogP contribution is 2.36. The molecule has 0 radical (unpaired) electrons. The Morgan fingerprint density at radius 1 is 1.33 bits per heavy atom. The summed E-state index contributed by atoms with van der Waals surface area (Å²) in [5.41, 5.74) is 2.67. The molecule has 3 nitrogen and oxygen atoms in total. The predicted molar refractivity (Wildman–Crippen MR) is 93.1 cm³/mol. The van der Waals surface area contributed by atoms with Crippen molar-refractivity contribution in [1.29, 1.82) is 0 Å². The van der Waals surface area contributed by atoms with E-state index in [-0.39, 0.29) is 0 Å². The van der Waals surface area contributed by atoms with Gasteiger partial charge in [0, 0.05) is 40.8 Å². The van der Waals surface area contributed by atoms with Crippen molar-refractivity contribution in [2.75, 3.05) is 23.8 Å². The third kappa shape index (κ3) is 3.93. The summed E-state index contributed by atoms with van der Waals surface area (Å²) >= 11 is 4.06. The number of rotatable bonds is 4. The van der Waals surface area contributed by atoms with E-state index in [2.05, 4.69) is 18.4 Å². The first-order valence-electron chi connectivity index (χ1n) is 8.17. The average Bonchev–Trinajstić information content (AvgIpc) is 2.75. The molecule has 116 valence electrons. The lowest BCUT2D eigenvalue weighted by Gasteiger charge is -2.22. The summed E-state index contributed by atoms with van der Waals surface area (Å²) in [7, 11) is 0. The quantitative estimate of drug-likeness (QED) is 0.854. The van der Waals surface area contributed by atoms with Crippen LogP contribution < -0.4 is 5.32 Å². The highest BCUT2D eigenvalue weighted by atomic mass is 32.2. The Hall–Kier alpha value is -0.260. The Kier molecular flexibility index (Phi) is 5.83. The van der Waals surface area contributed by atoms with Crippen LogP contribution in [0, 0.1) is 0 Å². The fourth-order valence-electron chi connectivity index (χ4n) is 3.05. The van der Waals surface area contributed by atoms with Gasteiger partial charge in [-0.05, 0) is 32.2 Å². The minimum absolute atomic E-state index is 0.463. The Morgan fingerprint density at radius 3 is 3.10 bits per heavy atom. The van der Waals surface area contributed by atoms with Gasteiger partial charge < -0.3 is 5.32 Å². The Morgan fingerprint density at radius 2 is 2.29 bits per heavy atom. The summed E-state index contributed by atoms with van der Waals surface area (Å²) < 4.78 is 0. The lowest BCUT2D eigenvalue weighted by molar-refractivity contribution is 0.488. The number of thioether (sulfide) groups is 2. The lowest BCUT2D eigenvalue weighted by atomic mass is 10.0. The van der Waals surface area contributed by atoms with Crippen molar-refractivity contribution in [3.63, 3.8) is 0 Å². The van der Waals surface area contributed by atoms with E-state index < -0.39 is 0 Å². The van der Waals surface area contributed by atoms with Crippen LogP contribution in [0.3, 0.4) is 0 Å². The third-order valence-electron chi connectivity index (χ3n) is 4.20. The van der Waals surface area contributed by atoms with Gasteiger partial charge >= 0.3 is 0 Å². The molecule has 1 aliphatic heterocycles. The number of aromatic nitrogens is 2. The standard InChI is InChI=1S/C16H25N3S2/c1-2-7-17-13-5-3-4-6-14-12(13)10-18-16(19-14)15-11-20-8-9-21-15/h10,13,15,17H,2-9,11H2,1H3. The summed E-state index contributed by atoms with van der Waals surface area (Å²) in [4.78, 5) is 9.70. The summed E-state index contributed by atoms with van der Waals surface area (Å²) in [6.45, 7) is 3.31. The van der Waals surface area contributed by atoms with Crippen molar-refractivity contribution in [2.45, 2.75) is 50.3 Å². The molecule has 21 heavy (non-hydrogen) atoms. The summed E-state index contributed by atoms with van der Waals surface area (Å²) in [5.74, 6) is 4.74. The number of aryl methyl sites for hydroxylation is 1. The van der Waals surface area contributed by atoms with Crippen molar-refractivity contribution in [3.8, 4) is 0 Å². The molecule has 2 atom stereocenters. The largest absolute Gasteiger partial charge is 0.310 e. The number of hydrogen-bond acceptors (Lipinski definition) is 5. The van der Waals surface area contributed by atoms with Crippen LogP contribution in [0.4, 0.5) is 0 Å². The second-order valence-electron chi connectivity index (χ2n) is 5.82. The van der Waals surface area contributed by atoms with Gasteiger partial charge in [0.2, 0.25) is 0 Å². The first-order chi connectivity index (χ1) is 10.4. The Bertz CT molecular complexity index is 461. The monoisotopic (exact) mass is 323 g/mol. The SMILES string of the molecule is CCCNC1CCCCc2nc(C3CSCCS3)ncc21. The molecule has 0 saturated carbocycles. The van der Waals surface area contributed by atoms with Crippen molar-refractivity contribution in [3.05, 3.63) is 23.3 Å². The molecule has 3 rings (SSSR count). The molecule has 5 heteroatoms. The van der Waals surface area contributed by atoms with Crippen LogP contribution in [0.5, 0.6) is 0 Å². The fraction of sp³-hybridized carbons (Fsp3) is 0.750. The fourth-order valence-corrected chi connectivity index (χ4v) is 5.66. The number of fused-ring (bicyclic) bond motifs is 1. The number of nitrogens with zero attached hydrogens (tertiary/aromatic N) is 2. The zero-order valence-electron chi connectivity index (χ0n) is 12.8. The van der Waals surface area contributed by atoms with Gasteiger partial charge in [-0.1, -0.05) is 13.3 Å². The van der Waals surface area contributed by atoms with Crippen molar-refractivity contribution >= 4 is 23.5 Å². The molecule has 2 aliphatic rings. The molecule has 1 fully saturated rings. The summed E-state index contributed by atoms with van der Waals surface area (Å²) in [6, 6.07) is 0.463. The zero-order chi connectivity index (χ0) is 14.5. The molecule has 1 aromatic heterocycles. The van der Waals surface area contributed by atoms with E-state index in [1.54, 1.807) is 0 Å². The normalized spacial score (nSPS) is 26.1. The smallest absolute Gasteiger partial charge is 0.142 e. The minimum Gasteiger partial charge on any atom is -0.310 e. The van der Waals surface area contributed by atoms with E-state index in [9.17, 15) is 0 Å². The van der Waals surface area contributed by atoms with Gasteiger partial charge in [0.1, 0.15) is 5.82 Å². The number of hydrogen-bond donors (Lipinski definition) is 1. The van der Waals surface area contributed by atoms with E-state index in [1.165, 1.54) is 54.2 Å². The molecule has 2 unspecified atom stereocenters. The maximum absolute atomic E-state index is 4.97. The summed E-state index contributed by atoms with van der Waals surface area (Å²) in [6.07, 6.45) is 8.21. The van der Waals surface area contributed by atoms with E-state index in [4.69, 9.17) is 9.97 Å². The third-order valence-corrected chi connectivity index (χ3v) is 6.95. The molecule has 1 N–H and O–H groups in total. The Balaban J connectivity index is 1.80. The van der Waals surface area contributed by atoms with Gasteiger partial charge in [-0.3, -0.25) is 0 Å². The van der Waals surface area contributed by atoms with E-state index >= 15 is 0 Å². The molecule has 0 aromatic carbocycles. The first-order valence-corrected chi connectivity index (χ1v) is 10.4. The second kappa shape index (κ2) is 7.84. The van der Waals surface area contributed by atoms with Crippen molar-refractivity contribution in [1.82, 2.24) is 15.3 Å². The van der Waals surface area contributed by atoms with Crippen LogP contribution in [0.2, 0.25) is 0 Å². The van der Waals surface area contributed by atoms with Crippen LogP contribution in [0.1, 0.15) is 61.0 Å². The molecule has 0 bridgehead atoms. The van der Waals surface area contributed by atoms with E-state index in [0.717, 1.165) is 18.8 Å². The Labute approximate surface area is 136 Å². The van der Waals surface area contributed by atoms with Crippen LogP contribution >= 0.6 is 23.5 Å². The molecular formula is C16H25N3S2. The number of nitrogens with one attached hydrogen (secondary N) is 1. The topological polar surface area (TPSA) is 37.8 Å². The summed E-state index contributed by atoms with van der Waals surface area (Å²) in [5, 5.41) is 4.18. The molecule has 1 saturated heterocycles. The molecule has 0 amide bonds. The van der Waals surface area contributed by atoms with E-state index in [1.807, 2.05) is 23.5 Å². The average molecular weight is 324 g/mol. The van der Waals surface area contributed by atoms with Crippen LogP contribution in [0.15, 0.2) is 6.20 Å². The predicted octanol–water partition coefficient (Wildman–Crippen LogP) is 3.76. The van der Waals surface area contributed by atoms with Crippen LogP contribution in [0.25, 0.3) is 0 Å². The van der Waals surface area contributed by atoms with Crippen LogP contribution in [-0.4, -0.2) is 33.8 Å². The van der Waals surface area contributed by atoms with Gasteiger partial charge in [-0.15, -0.1) is 11.8 Å². The van der Waals surface area contributed by atoms with Gasteiger partial charge in [0.15, 0.2) is 0 Å². The molecule has 1 aromatic rings. The lowest BCUT2D eigenvalue weighted by Crippen LogP contribution is -2.23.